The van der Waals surface area contributed by atoms with Crippen LogP contribution in [0.3, 0.4) is 0 Å². The van der Waals surface area contributed by atoms with E-state index in [9.17, 15) is 4.79 Å². The predicted octanol–water partition coefficient (Wildman–Crippen LogP) is 6.10. The van der Waals surface area contributed by atoms with E-state index in [1.807, 2.05) is 59.2 Å². The van der Waals surface area contributed by atoms with Gasteiger partial charge in [0.1, 0.15) is 0 Å². The lowest BCUT2D eigenvalue weighted by molar-refractivity contribution is -0.115. The first-order valence-corrected chi connectivity index (χ1v) is 12.3. The zero-order valence-corrected chi connectivity index (χ0v) is 19.8. The maximum atomic E-state index is 13.5. The third-order valence-corrected chi connectivity index (χ3v) is 7.35. The zero-order chi connectivity index (χ0) is 22.8. The molecule has 0 N–H and O–H groups in total. The van der Waals surface area contributed by atoms with Gasteiger partial charge in [0.15, 0.2) is 11.0 Å². The Balaban J connectivity index is 1.44. The Labute approximate surface area is 204 Å². The molecule has 1 aliphatic heterocycles. The van der Waals surface area contributed by atoms with Crippen molar-refractivity contribution >= 4 is 52.4 Å². The predicted molar refractivity (Wildman–Crippen MR) is 133 cm³/mol. The summed E-state index contributed by atoms with van der Waals surface area (Å²) in [5.41, 5.74) is 2.55. The Morgan fingerprint density at radius 3 is 2.67 bits per heavy atom. The summed E-state index contributed by atoms with van der Waals surface area (Å²) in [6.45, 7) is 4.38. The van der Waals surface area contributed by atoms with Crippen molar-refractivity contribution in [2.75, 3.05) is 10.7 Å². The van der Waals surface area contributed by atoms with Gasteiger partial charge >= 0.3 is 0 Å². The molecule has 9 heteroatoms. The van der Waals surface area contributed by atoms with E-state index >= 15 is 0 Å². The molecular weight excluding hydrogens is 474 g/mol. The first-order chi connectivity index (χ1) is 16.2. The highest BCUT2D eigenvalue weighted by atomic mass is 35.5. The number of thioether (sulfide) groups is 1. The average Bonchev–Trinajstić information content (AvgIpc) is 3.24. The van der Waals surface area contributed by atoms with Gasteiger partial charge in [-0.25, -0.2) is 0 Å². The maximum absolute atomic E-state index is 13.5. The van der Waals surface area contributed by atoms with Crippen LogP contribution in [0.4, 0.5) is 11.4 Å². The van der Waals surface area contributed by atoms with Gasteiger partial charge < -0.3 is 0 Å². The van der Waals surface area contributed by atoms with Gasteiger partial charge in [0, 0.05) is 39.3 Å². The van der Waals surface area contributed by atoms with Gasteiger partial charge in [0.25, 0.3) is 0 Å². The monoisotopic (exact) mass is 491 g/mol. The van der Waals surface area contributed by atoms with Crippen LogP contribution < -0.4 is 4.90 Å². The van der Waals surface area contributed by atoms with Crippen LogP contribution in [0, 0.1) is 0 Å². The van der Waals surface area contributed by atoms with Gasteiger partial charge in [-0.2, -0.15) is 0 Å². The van der Waals surface area contributed by atoms with Gasteiger partial charge in [0.05, 0.1) is 17.1 Å². The number of hydrogen-bond donors (Lipinski definition) is 0. The molecule has 6 nitrogen and oxygen atoms in total. The number of pyridine rings is 1. The number of amides is 1. The Morgan fingerprint density at radius 1 is 1.06 bits per heavy atom. The number of benzene rings is 2. The Morgan fingerprint density at radius 2 is 1.85 bits per heavy atom. The van der Waals surface area contributed by atoms with E-state index in [1.54, 1.807) is 35.1 Å². The number of hydrogen-bond acceptors (Lipinski definition) is 6. The molecule has 0 spiro atoms. The number of aromatic nitrogens is 4. The van der Waals surface area contributed by atoms with E-state index in [2.05, 4.69) is 21.8 Å². The van der Waals surface area contributed by atoms with Crippen molar-refractivity contribution < 1.29 is 4.79 Å². The van der Waals surface area contributed by atoms with Crippen LogP contribution in [0.5, 0.6) is 0 Å². The molecule has 0 atom stereocenters. The molecule has 0 aliphatic carbocycles. The molecule has 2 aromatic heterocycles. The van der Waals surface area contributed by atoms with Crippen LogP contribution in [0.1, 0.15) is 0 Å². The molecule has 0 fully saturated rings. The lowest BCUT2D eigenvalue weighted by atomic mass is 10.2. The van der Waals surface area contributed by atoms with Crippen molar-refractivity contribution in [2.24, 2.45) is 0 Å². The van der Waals surface area contributed by atoms with Crippen LogP contribution in [-0.4, -0.2) is 31.4 Å². The van der Waals surface area contributed by atoms with Crippen LogP contribution in [-0.2, 0) is 11.3 Å². The second-order valence-electron chi connectivity index (χ2n) is 7.14. The lowest BCUT2D eigenvalue weighted by Crippen LogP contribution is -2.30. The highest BCUT2D eigenvalue weighted by Gasteiger charge is 2.29. The van der Waals surface area contributed by atoms with Gasteiger partial charge in [-0.05, 0) is 42.5 Å². The van der Waals surface area contributed by atoms with Crippen LogP contribution in [0.2, 0.25) is 5.02 Å². The normalized spacial score (nSPS) is 12.2. The van der Waals surface area contributed by atoms with E-state index in [0.717, 1.165) is 26.7 Å². The van der Waals surface area contributed by atoms with Gasteiger partial charge in [-0.3, -0.25) is 19.2 Å². The number of carbonyl (C=O) groups is 1. The maximum Gasteiger partial charge on any atom is 0.242 e. The van der Waals surface area contributed by atoms with E-state index < -0.39 is 0 Å². The fraction of sp³-hybridized carbons (Fsp3) is 0.0833. The Kier molecular flexibility index (Phi) is 6.22. The van der Waals surface area contributed by atoms with Crippen LogP contribution in [0.25, 0.3) is 11.4 Å². The number of allylic oxidation sites excluding steroid dienone is 1. The van der Waals surface area contributed by atoms with Crippen LogP contribution >= 0.6 is 35.1 Å². The summed E-state index contributed by atoms with van der Waals surface area (Å²) in [6, 6.07) is 17.3. The second-order valence-corrected chi connectivity index (χ2v) is 9.60. The molecular formula is C24H18ClN5OS2. The molecule has 164 valence electrons. The van der Waals surface area contributed by atoms with Crippen molar-refractivity contribution in [1.82, 2.24) is 19.7 Å². The summed E-state index contributed by atoms with van der Waals surface area (Å²) in [6.07, 6.45) is 5.22. The van der Waals surface area contributed by atoms with Crippen molar-refractivity contribution in [2.45, 2.75) is 21.5 Å². The largest absolute Gasteiger partial charge is 0.298 e. The molecule has 4 aromatic rings. The molecule has 0 unspecified atom stereocenters. The average molecular weight is 492 g/mol. The highest BCUT2D eigenvalue weighted by molar-refractivity contribution is 8.00. The molecule has 0 saturated carbocycles. The Bertz CT molecular complexity index is 1340. The van der Waals surface area contributed by atoms with E-state index in [-0.39, 0.29) is 11.7 Å². The number of carbonyl (C=O) groups excluding carboxylic acids is 1. The van der Waals surface area contributed by atoms with Crippen molar-refractivity contribution in [3.63, 3.8) is 0 Å². The number of anilines is 2. The minimum absolute atomic E-state index is 0.0603. The quantitative estimate of drug-likeness (QED) is 0.240. The summed E-state index contributed by atoms with van der Waals surface area (Å²) < 4.78 is 1.95. The summed E-state index contributed by atoms with van der Waals surface area (Å²) in [4.78, 5) is 21.4. The van der Waals surface area contributed by atoms with Crippen molar-refractivity contribution in [3.05, 3.63) is 84.7 Å². The van der Waals surface area contributed by atoms with Crippen LogP contribution in [0.15, 0.2) is 94.6 Å². The van der Waals surface area contributed by atoms with Gasteiger partial charge in [0.2, 0.25) is 5.91 Å². The molecule has 0 radical (unpaired) electrons. The minimum Gasteiger partial charge on any atom is -0.298 e. The standard InChI is InChI=1S/C24H18ClN5OS2/c1-2-13-29-23(16-9-11-26-12-10-16)27-28-24(29)32-15-22(31)30-18-5-3-4-6-20(18)33-21-8-7-17(25)14-19(21)30/h2-12,14H,1,13,15H2. The third kappa shape index (κ3) is 4.29. The summed E-state index contributed by atoms with van der Waals surface area (Å²) in [5, 5.41) is 9.94. The number of rotatable bonds is 6. The fourth-order valence-electron chi connectivity index (χ4n) is 3.59. The Hall–Kier alpha value is -3.07. The lowest BCUT2D eigenvalue weighted by Gasteiger charge is -2.31. The van der Waals surface area contributed by atoms with E-state index in [0.29, 0.717) is 22.5 Å². The number of halogens is 1. The fourth-order valence-corrected chi connectivity index (χ4v) is 5.59. The minimum atomic E-state index is -0.0603. The summed E-state index contributed by atoms with van der Waals surface area (Å²) in [7, 11) is 0. The smallest absolute Gasteiger partial charge is 0.242 e. The summed E-state index contributed by atoms with van der Waals surface area (Å²) >= 11 is 9.26. The molecule has 1 amide bonds. The van der Waals surface area contributed by atoms with Gasteiger partial charge in [-0.15, -0.1) is 16.8 Å². The van der Waals surface area contributed by atoms with E-state index in [1.165, 1.54) is 11.8 Å². The van der Waals surface area contributed by atoms with Gasteiger partial charge in [-0.1, -0.05) is 53.3 Å². The van der Waals surface area contributed by atoms with Crippen molar-refractivity contribution in [1.29, 1.82) is 0 Å². The molecule has 0 bridgehead atoms. The first kappa shape index (κ1) is 21.8. The highest BCUT2D eigenvalue weighted by Crippen LogP contribution is 2.49. The number of fused-ring (bicyclic) bond motifs is 2. The molecule has 0 saturated heterocycles. The van der Waals surface area contributed by atoms with Crippen molar-refractivity contribution in [3.8, 4) is 11.4 Å². The number of nitrogens with zero attached hydrogens (tertiary/aromatic N) is 5. The third-order valence-electron chi connectivity index (χ3n) is 5.03. The molecule has 3 heterocycles. The topological polar surface area (TPSA) is 63.9 Å². The molecule has 5 rings (SSSR count). The first-order valence-electron chi connectivity index (χ1n) is 10.1. The molecule has 33 heavy (non-hydrogen) atoms. The molecule has 2 aromatic carbocycles. The SMILES string of the molecule is C=CCn1c(SCC(=O)N2c3ccccc3Sc3ccc(Cl)cc32)nnc1-c1ccncc1. The molecule has 1 aliphatic rings. The summed E-state index contributed by atoms with van der Waals surface area (Å²) in [5.74, 6) is 0.843. The van der Waals surface area contributed by atoms with E-state index in [4.69, 9.17) is 11.6 Å². The number of para-hydroxylation sites is 1. The zero-order valence-electron chi connectivity index (χ0n) is 17.4. The second kappa shape index (κ2) is 9.43.